The number of likely N-dealkylation sites (N-methyl/N-ethyl adjacent to an activating group) is 1. The maximum Gasteiger partial charge on any atom is 0.260 e. The van der Waals surface area contributed by atoms with Gasteiger partial charge in [0.25, 0.3) is 5.91 Å². The van der Waals surface area contributed by atoms with Crippen LogP contribution in [0.5, 0.6) is 5.75 Å². The maximum absolute atomic E-state index is 13.5. The van der Waals surface area contributed by atoms with Crippen molar-refractivity contribution in [3.8, 4) is 5.75 Å². The third-order valence-corrected chi connectivity index (χ3v) is 6.24. The minimum absolute atomic E-state index is 0.0897. The first kappa shape index (κ1) is 26.2. The van der Waals surface area contributed by atoms with E-state index in [0.29, 0.717) is 31.3 Å². The van der Waals surface area contributed by atoms with Crippen LogP contribution in [-0.2, 0) is 27.5 Å². The minimum Gasteiger partial charge on any atom is -0.491 e. The maximum atomic E-state index is 13.5. The molecule has 0 radical (unpaired) electrons. The van der Waals surface area contributed by atoms with Gasteiger partial charge in [0.1, 0.15) is 18.9 Å². The van der Waals surface area contributed by atoms with Gasteiger partial charge in [0.2, 0.25) is 11.8 Å². The lowest BCUT2D eigenvalue weighted by molar-refractivity contribution is -0.135. The Kier molecular flexibility index (Phi) is 8.77. The number of hydrogen-bond donors (Lipinski definition) is 1. The number of amides is 3. The summed E-state index contributed by atoms with van der Waals surface area (Å²) in [4.78, 5) is 41.3. The summed E-state index contributed by atoms with van der Waals surface area (Å²) in [5, 5.41) is 2.74. The predicted molar refractivity (Wildman–Crippen MR) is 141 cm³/mol. The fraction of sp³-hybridized carbons (Fsp3) is 0.250. The Morgan fingerprint density at radius 3 is 2.49 bits per heavy atom. The second-order valence-electron chi connectivity index (χ2n) is 8.47. The third-order valence-electron chi connectivity index (χ3n) is 5.93. The molecule has 0 unspecified atom stereocenters. The number of carbonyl (C=O) groups is 3. The van der Waals surface area contributed by atoms with Crippen molar-refractivity contribution >= 4 is 35.0 Å². The molecular formula is C28H28ClN3O5. The molecule has 0 spiro atoms. The van der Waals surface area contributed by atoms with Gasteiger partial charge in [0.15, 0.2) is 0 Å². The second-order valence-corrected chi connectivity index (χ2v) is 8.88. The zero-order chi connectivity index (χ0) is 26.2. The van der Waals surface area contributed by atoms with E-state index in [9.17, 15) is 14.4 Å². The first-order valence-electron chi connectivity index (χ1n) is 11.9. The van der Waals surface area contributed by atoms with Gasteiger partial charge in [0, 0.05) is 19.3 Å². The number of hydrogen-bond acceptors (Lipinski definition) is 5. The average Bonchev–Trinajstić information content (AvgIpc) is 3.05. The first-order chi connectivity index (χ1) is 18.0. The molecule has 1 aliphatic heterocycles. The SMILES string of the molecule is CNC(=O)CN1Cc2ccccc2N(C(=O)c2ccc(OCCOCc3ccccc3)cc2Cl)CC1=O. The highest BCUT2D eigenvalue weighted by atomic mass is 35.5. The molecule has 9 heteroatoms. The molecule has 0 atom stereocenters. The molecule has 1 heterocycles. The molecule has 37 heavy (non-hydrogen) atoms. The van der Waals surface area contributed by atoms with Crippen LogP contribution in [-0.4, -0.2) is 56.0 Å². The topological polar surface area (TPSA) is 88.2 Å². The Labute approximate surface area is 220 Å². The molecule has 3 amide bonds. The molecule has 8 nitrogen and oxygen atoms in total. The van der Waals surface area contributed by atoms with E-state index in [0.717, 1.165) is 11.1 Å². The van der Waals surface area contributed by atoms with Gasteiger partial charge in [-0.05, 0) is 35.4 Å². The lowest BCUT2D eigenvalue weighted by Gasteiger charge is -2.23. The average molecular weight is 522 g/mol. The fourth-order valence-electron chi connectivity index (χ4n) is 3.99. The van der Waals surface area contributed by atoms with Crippen molar-refractivity contribution in [2.75, 3.05) is 38.3 Å². The predicted octanol–water partition coefficient (Wildman–Crippen LogP) is 3.67. The Morgan fingerprint density at radius 2 is 1.73 bits per heavy atom. The molecule has 0 saturated heterocycles. The van der Waals surface area contributed by atoms with E-state index in [-0.39, 0.29) is 42.0 Å². The lowest BCUT2D eigenvalue weighted by Crippen LogP contribution is -2.43. The third kappa shape index (κ3) is 6.67. The van der Waals surface area contributed by atoms with Crippen molar-refractivity contribution in [1.82, 2.24) is 10.2 Å². The summed E-state index contributed by atoms with van der Waals surface area (Å²) >= 11 is 6.48. The largest absolute Gasteiger partial charge is 0.491 e. The van der Waals surface area contributed by atoms with Crippen LogP contribution >= 0.6 is 11.6 Å². The molecule has 0 bridgehead atoms. The summed E-state index contributed by atoms with van der Waals surface area (Å²) in [6.45, 7) is 1.14. The molecule has 0 aliphatic carbocycles. The Bertz CT molecular complexity index is 1270. The van der Waals surface area contributed by atoms with Crippen molar-refractivity contribution in [2.45, 2.75) is 13.2 Å². The van der Waals surface area contributed by atoms with Gasteiger partial charge in [0.05, 0.1) is 30.3 Å². The van der Waals surface area contributed by atoms with E-state index in [2.05, 4.69) is 5.32 Å². The van der Waals surface area contributed by atoms with Gasteiger partial charge in [-0.3, -0.25) is 19.3 Å². The number of halogens is 1. The van der Waals surface area contributed by atoms with E-state index in [1.165, 1.54) is 16.8 Å². The molecule has 0 aromatic heterocycles. The van der Waals surface area contributed by atoms with Crippen molar-refractivity contribution in [3.05, 3.63) is 94.5 Å². The smallest absolute Gasteiger partial charge is 0.260 e. The number of nitrogens with one attached hydrogen (secondary N) is 1. The number of para-hydroxylation sites is 1. The summed E-state index contributed by atoms with van der Waals surface area (Å²) in [5.41, 5.74) is 2.69. The number of benzene rings is 3. The highest BCUT2D eigenvalue weighted by molar-refractivity contribution is 6.34. The zero-order valence-electron chi connectivity index (χ0n) is 20.5. The van der Waals surface area contributed by atoms with E-state index >= 15 is 0 Å². The summed E-state index contributed by atoms with van der Waals surface area (Å²) in [5.74, 6) is -0.520. The number of ether oxygens (including phenoxy) is 2. The monoisotopic (exact) mass is 521 g/mol. The summed E-state index contributed by atoms with van der Waals surface area (Å²) in [6.07, 6.45) is 0. The molecule has 192 valence electrons. The van der Waals surface area contributed by atoms with Crippen LogP contribution in [0.2, 0.25) is 5.02 Å². The second kappa shape index (κ2) is 12.4. The van der Waals surface area contributed by atoms with Crippen molar-refractivity contribution < 1.29 is 23.9 Å². The van der Waals surface area contributed by atoms with E-state index in [1.807, 2.05) is 42.5 Å². The molecule has 4 rings (SSSR count). The van der Waals surface area contributed by atoms with Crippen LogP contribution in [0, 0.1) is 0 Å². The summed E-state index contributed by atoms with van der Waals surface area (Å²) in [6, 6.07) is 21.9. The van der Waals surface area contributed by atoms with Crippen LogP contribution in [0.15, 0.2) is 72.8 Å². The van der Waals surface area contributed by atoms with Gasteiger partial charge in [-0.2, -0.15) is 0 Å². The van der Waals surface area contributed by atoms with Gasteiger partial charge in [-0.15, -0.1) is 0 Å². The van der Waals surface area contributed by atoms with Gasteiger partial charge in [-0.25, -0.2) is 0 Å². The molecule has 1 aliphatic rings. The Hall–Kier alpha value is -3.88. The van der Waals surface area contributed by atoms with Gasteiger partial charge >= 0.3 is 0 Å². The fourth-order valence-corrected chi connectivity index (χ4v) is 4.24. The minimum atomic E-state index is -0.412. The highest BCUT2D eigenvalue weighted by Gasteiger charge is 2.31. The van der Waals surface area contributed by atoms with Crippen molar-refractivity contribution in [3.63, 3.8) is 0 Å². The van der Waals surface area contributed by atoms with Gasteiger partial charge < -0.3 is 19.7 Å². The Morgan fingerprint density at radius 1 is 0.973 bits per heavy atom. The molecule has 3 aromatic carbocycles. The normalized spacial score (nSPS) is 13.1. The molecule has 3 aromatic rings. The molecule has 0 fully saturated rings. The molecule has 0 saturated carbocycles. The summed E-state index contributed by atoms with van der Waals surface area (Å²) in [7, 11) is 1.52. The van der Waals surface area contributed by atoms with Crippen molar-refractivity contribution in [2.24, 2.45) is 0 Å². The van der Waals surface area contributed by atoms with Crippen LogP contribution in [0.25, 0.3) is 0 Å². The highest BCUT2D eigenvalue weighted by Crippen LogP contribution is 2.30. The van der Waals surface area contributed by atoms with Gasteiger partial charge in [-0.1, -0.05) is 60.1 Å². The number of rotatable bonds is 9. The van der Waals surface area contributed by atoms with Crippen LogP contribution < -0.4 is 15.0 Å². The van der Waals surface area contributed by atoms with Crippen LogP contribution in [0.1, 0.15) is 21.5 Å². The number of fused-ring (bicyclic) bond motifs is 1. The summed E-state index contributed by atoms with van der Waals surface area (Å²) < 4.78 is 11.4. The van der Waals surface area contributed by atoms with E-state index in [4.69, 9.17) is 21.1 Å². The first-order valence-corrected chi connectivity index (χ1v) is 12.3. The zero-order valence-corrected chi connectivity index (χ0v) is 21.2. The van der Waals surface area contributed by atoms with E-state index < -0.39 is 5.91 Å². The van der Waals surface area contributed by atoms with Crippen LogP contribution in [0.3, 0.4) is 0 Å². The molecule has 1 N–H and O–H groups in total. The standard InChI is InChI=1S/C28H28ClN3O5/c1-30-26(33)17-31-16-21-9-5-6-10-25(21)32(18-27(31)34)28(35)23-12-11-22(15-24(23)29)37-14-13-36-19-20-7-3-2-4-8-20/h2-12,15H,13-14,16-19H2,1H3,(H,30,33). The van der Waals surface area contributed by atoms with E-state index in [1.54, 1.807) is 30.3 Å². The quantitative estimate of drug-likeness (QED) is 0.434. The molecular weight excluding hydrogens is 494 g/mol. The number of nitrogens with zero attached hydrogens (tertiary/aromatic N) is 2. The number of carbonyl (C=O) groups excluding carboxylic acids is 3. The van der Waals surface area contributed by atoms with Crippen LogP contribution in [0.4, 0.5) is 5.69 Å². The van der Waals surface area contributed by atoms with Crippen molar-refractivity contribution in [1.29, 1.82) is 0 Å². The number of anilines is 1. The Balaban J connectivity index is 1.42. The lowest BCUT2D eigenvalue weighted by atomic mass is 10.1.